The van der Waals surface area contributed by atoms with Crippen LogP contribution in [0.2, 0.25) is 0 Å². The lowest BCUT2D eigenvalue weighted by Gasteiger charge is -2.08. The van der Waals surface area contributed by atoms with E-state index in [0.29, 0.717) is 11.5 Å². The molecule has 1 amide bonds. The Kier molecular flexibility index (Phi) is 5.41. The number of anilines is 1. The number of amides is 1. The summed E-state index contributed by atoms with van der Waals surface area (Å²) in [7, 11) is 3.17. The number of benzene rings is 2. The van der Waals surface area contributed by atoms with Crippen LogP contribution >= 0.6 is 0 Å². The van der Waals surface area contributed by atoms with Gasteiger partial charge in [0.05, 0.1) is 14.2 Å². The molecule has 2 rings (SSSR count). The second kappa shape index (κ2) is 7.49. The predicted octanol–water partition coefficient (Wildman–Crippen LogP) is 3.97. The second-order valence-electron chi connectivity index (χ2n) is 5.31. The van der Waals surface area contributed by atoms with Crippen molar-refractivity contribution in [2.45, 2.75) is 13.8 Å². The summed E-state index contributed by atoms with van der Waals surface area (Å²) in [6, 6.07) is 11.4. The first-order valence-corrected chi connectivity index (χ1v) is 7.31. The Balaban J connectivity index is 2.09. The molecule has 23 heavy (non-hydrogen) atoms. The van der Waals surface area contributed by atoms with E-state index < -0.39 is 0 Å². The third-order valence-electron chi connectivity index (χ3n) is 3.32. The maximum absolute atomic E-state index is 12.0. The topological polar surface area (TPSA) is 47.6 Å². The van der Waals surface area contributed by atoms with Crippen molar-refractivity contribution in [2.75, 3.05) is 19.5 Å². The fourth-order valence-electron chi connectivity index (χ4n) is 2.36. The number of hydrogen-bond donors (Lipinski definition) is 1. The molecule has 0 aliphatic heterocycles. The molecule has 0 aliphatic carbocycles. The number of ether oxygens (including phenoxy) is 2. The van der Waals surface area contributed by atoms with Gasteiger partial charge in [-0.05, 0) is 60.9 Å². The molecule has 0 atom stereocenters. The van der Waals surface area contributed by atoms with Crippen LogP contribution in [0.15, 0.2) is 42.5 Å². The summed E-state index contributed by atoms with van der Waals surface area (Å²) in [5, 5.41) is 2.86. The monoisotopic (exact) mass is 311 g/mol. The summed E-state index contributed by atoms with van der Waals surface area (Å²) in [6.45, 7) is 4.00. The van der Waals surface area contributed by atoms with Crippen molar-refractivity contribution in [2.24, 2.45) is 0 Å². The van der Waals surface area contributed by atoms with E-state index in [9.17, 15) is 4.79 Å². The van der Waals surface area contributed by atoms with E-state index in [4.69, 9.17) is 9.47 Å². The van der Waals surface area contributed by atoms with Gasteiger partial charge in [0.1, 0.15) is 0 Å². The van der Waals surface area contributed by atoms with Crippen LogP contribution in [-0.2, 0) is 4.79 Å². The van der Waals surface area contributed by atoms with Gasteiger partial charge in [0.25, 0.3) is 0 Å². The van der Waals surface area contributed by atoms with Crippen LogP contribution in [0.5, 0.6) is 11.5 Å². The van der Waals surface area contributed by atoms with Gasteiger partial charge in [-0.1, -0.05) is 12.1 Å². The lowest BCUT2D eigenvalue weighted by atomic mass is 10.1. The Morgan fingerprint density at radius 3 is 2.22 bits per heavy atom. The number of rotatable bonds is 5. The second-order valence-corrected chi connectivity index (χ2v) is 5.31. The minimum Gasteiger partial charge on any atom is -0.493 e. The molecule has 0 spiro atoms. The summed E-state index contributed by atoms with van der Waals surface area (Å²) in [4.78, 5) is 12.0. The predicted molar refractivity (Wildman–Crippen MR) is 93.1 cm³/mol. The molecular weight excluding hydrogens is 290 g/mol. The summed E-state index contributed by atoms with van der Waals surface area (Å²) < 4.78 is 10.4. The Labute approximate surface area is 136 Å². The van der Waals surface area contributed by atoms with E-state index in [1.807, 2.05) is 38.1 Å². The van der Waals surface area contributed by atoms with Gasteiger partial charge in [-0.15, -0.1) is 0 Å². The average Bonchev–Trinajstić information content (AvgIpc) is 2.51. The Morgan fingerprint density at radius 1 is 0.957 bits per heavy atom. The lowest BCUT2D eigenvalue weighted by Crippen LogP contribution is -2.08. The number of hydrogen-bond acceptors (Lipinski definition) is 3. The lowest BCUT2D eigenvalue weighted by molar-refractivity contribution is -0.111. The van der Waals surface area contributed by atoms with E-state index in [1.165, 1.54) is 6.08 Å². The first-order valence-electron chi connectivity index (χ1n) is 7.31. The molecule has 0 saturated carbocycles. The van der Waals surface area contributed by atoms with Crippen molar-refractivity contribution in [3.8, 4) is 11.5 Å². The third-order valence-corrected chi connectivity index (χ3v) is 3.32. The zero-order valence-corrected chi connectivity index (χ0v) is 13.8. The van der Waals surface area contributed by atoms with E-state index in [-0.39, 0.29) is 5.91 Å². The first-order chi connectivity index (χ1) is 11.0. The van der Waals surface area contributed by atoms with Crippen LogP contribution in [0.1, 0.15) is 16.7 Å². The molecule has 4 heteroatoms. The highest BCUT2D eigenvalue weighted by molar-refractivity contribution is 6.02. The molecule has 2 aromatic carbocycles. The Morgan fingerprint density at radius 2 is 1.61 bits per heavy atom. The molecule has 0 aromatic heterocycles. The van der Waals surface area contributed by atoms with Crippen molar-refractivity contribution in [1.29, 1.82) is 0 Å². The number of methoxy groups -OCH3 is 2. The number of aryl methyl sites for hydroxylation is 2. The summed E-state index contributed by atoms with van der Waals surface area (Å²) in [5.74, 6) is 1.11. The van der Waals surface area contributed by atoms with Gasteiger partial charge in [0.2, 0.25) is 5.91 Å². The zero-order valence-electron chi connectivity index (χ0n) is 13.8. The van der Waals surface area contributed by atoms with E-state index in [2.05, 4.69) is 11.4 Å². The quantitative estimate of drug-likeness (QED) is 0.850. The molecule has 4 nitrogen and oxygen atoms in total. The molecule has 0 fully saturated rings. The van der Waals surface area contributed by atoms with Crippen molar-refractivity contribution in [3.63, 3.8) is 0 Å². The molecule has 2 aromatic rings. The zero-order chi connectivity index (χ0) is 16.8. The molecule has 120 valence electrons. The van der Waals surface area contributed by atoms with Crippen LogP contribution in [0, 0.1) is 13.8 Å². The van der Waals surface area contributed by atoms with Gasteiger partial charge in [-0.2, -0.15) is 0 Å². The number of carbonyl (C=O) groups is 1. The fourth-order valence-corrected chi connectivity index (χ4v) is 2.36. The standard InChI is InChI=1S/C19H21NO3/c1-13-9-14(2)11-16(10-13)20-19(21)8-6-15-5-7-17(22-3)18(12-15)23-4/h5-12H,1-4H3,(H,20,21). The maximum atomic E-state index is 12.0. The summed E-state index contributed by atoms with van der Waals surface area (Å²) >= 11 is 0. The molecule has 0 saturated heterocycles. The average molecular weight is 311 g/mol. The van der Waals surface area contributed by atoms with Crippen LogP contribution < -0.4 is 14.8 Å². The molecule has 0 unspecified atom stereocenters. The molecule has 1 N–H and O–H groups in total. The third kappa shape index (κ3) is 4.61. The van der Waals surface area contributed by atoms with Crippen LogP contribution in [-0.4, -0.2) is 20.1 Å². The molecule has 0 bridgehead atoms. The van der Waals surface area contributed by atoms with Crippen molar-refractivity contribution in [3.05, 3.63) is 59.2 Å². The normalized spacial score (nSPS) is 10.6. The summed E-state index contributed by atoms with van der Waals surface area (Å²) in [5.41, 5.74) is 3.89. The Bertz CT molecular complexity index is 715. The van der Waals surface area contributed by atoms with E-state index in [1.54, 1.807) is 26.4 Å². The molecule has 0 aliphatic rings. The smallest absolute Gasteiger partial charge is 0.248 e. The summed E-state index contributed by atoms with van der Waals surface area (Å²) in [6.07, 6.45) is 3.23. The van der Waals surface area contributed by atoms with Crippen LogP contribution in [0.25, 0.3) is 6.08 Å². The van der Waals surface area contributed by atoms with Gasteiger partial charge in [-0.3, -0.25) is 4.79 Å². The maximum Gasteiger partial charge on any atom is 0.248 e. The number of carbonyl (C=O) groups excluding carboxylic acids is 1. The minimum atomic E-state index is -0.176. The van der Waals surface area contributed by atoms with E-state index in [0.717, 1.165) is 22.4 Å². The minimum absolute atomic E-state index is 0.176. The van der Waals surface area contributed by atoms with Gasteiger partial charge in [0.15, 0.2) is 11.5 Å². The first kappa shape index (κ1) is 16.6. The van der Waals surface area contributed by atoms with Crippen LogP contribution in [0.3, 0.4) is 0 Å². The van der Waals surface area contributed by atoms with Gasteiger partial charge in [0, 0.05) is 11.8 Å². The number of nitrogens with one attached hydrogen (secondary N) is 1. The van der Waals surface area contributed by atoms with Gasteiger partial charge >= 0.3 is 0 Å². The molecular formula is C19H21NO3. The molecule has 0 heterocycles. The van der Waals surface area contributed by atoms with Crippen molar-refractivity contribution >= 4 is 17.7 Å². The Hall–Kier alpha value is -2.75. The van der Waals surface area contributed by atoms with E-state index >= 15 is 0 Å². The van der Waals surface area contributed by atoms with Crippen LogP contribution in [0.4, 0.5) is 5.69 Å². The highest BCUT2D eigenvalue weighted by atomic mass is 16.5. The fraction of sp³-hybridized carbons (Fsp3) is 0.211. The van der Waals surface area contributed by atoms with Gasteiger partial charge in [-0.25, -0.2) is 0 Å². The van der Waals surface area contributed by atoms with Crippen molar-refractivity contribution in [1.82, 2.24) is 0 Å². The highest BCUT2D eigenvalue weighted by Crippen LogP contribution is 2.28. The largest absolute Gasteiger partial charge is 0.493 e. The molecule has 0 radical (unpaired) electrons. The highest BCUT2D eigenvalue weighted by Gasteiger charge is 2.04. The van der Waals surface area contributed by atoms with Gasteiger partial charge < -0.3 is 14.8 Å². The van der Waals surface area contributed by atoms with Crippen molar-refractivity contribution < 1.29 is 14.3 Å². The SMILES string of the molecule is COc1ccc(C=CC(=O)Nc2cc(C)cc(C)c2)cc1OC.